The minimum Gasteiger partial charge on any atom is -0.384 e. The van der Waals surface area contributed by atoms with Gasteiger partial charge in [-0.05, 0) is 114 Å². The Hall–Kier alpha value is -4.81. The number of piperidine rings is 2. The molecule has 2 saturated heterocycles. The lowest BCUT2D eigenvalue weighted by molar-refractivity contribution is -0.142. The van der Waals surface area contributed by atoms with E-state index in [1.54, 1.807) is 11.9 Å². The van der Waals surface area contributed by atoms with Gasteiger partial charge in [-0.1, -0.05) is 24.6 Å². The maximum absolute atomic E-state index is 14.8. The number of pyridine rings is 1. The molecule has 1 atom stereocenters. The van der Waals surface area contributed by atoms with Crippen LogP contribution in [0.4, 0.5) is 17.2 Å². The maximum Gasteiger partial charge on any atom is 0.251 e. The number of aryl methyl sites for hydroxylation is 1. The first-order valence-corrected chi connectivity index (χ1v) is 19.8. The van der Waals surface area contributed by atoms with E-state index in [-0.39, 0.29) is 23.8 Å². The topological polar surface area (TPSA) is 136 Å². The summed E-state index contributed by atoms with van der Waals surface area (Å²) >= 11 is 0. The third-order valence-electron chi connectivity index (χ3n) is 12.8. The largest absolute Gasteiger partial charge is 0.384 e. The Morgan fingerprint density at radius 1 is 0.944 bits per heavy atom. The molecule has 0 radical (unpaired) electrons. The lowest BCUT2D eigenvalue weighted by atomic mass is 9.73. The van der Waals surface area contributed by atoms with Gasteiger partial charge < -0.3 is 35.0 Å². The molecule has 2 aromatic heterocycles. The highest BCUT2D eigenvalue weighted by atomic mass is 16.3. The number of nitrogens with one attached hydrogen (secondary N) is 2. The molecule has 0 bridgehead atoms. The quantitative estimate of drug-likeness (QED) is 0.218. The van der Waals surface area contributed by atoms with Gasteiger partial charge >= 0.3 is 0 Å². The molecule has 282 valence electrons. The lowest BCUT2D eigenvalue weighted by Gasteiger charge is -2.48. The fraction of sp³-hybridized carbons (Fsp3) is 0.500. The van der Waals surface area contributed by atoms with Crippen LogP contribution in [0.1, 0.15) is 92.2 Å². The summed E-state index contributed by atoms with van der Waals surface area (Å²) < 4.78 is 2.21. The highest BCUT2D eigenvalue weighted by Crippen LogP contribution is 2.52. The number of carbonyl (C=O) groups excluding carboxylic acids is 3. The van der Waals surface area contributed by atoms with E-state index in [1.807, 2.05) is 37.5 Å². The van der Waals surface area contributed by atoms with Gasteiger partial charge in [-0.3, -0.25) is 14.4 Å². The second-order valence-electron chi connectivity index (χ2n) is 16.2. The number of fused-ring (bicyclic) bond motifs is 3. The summed E-state index contributed by atoms with van der Waals surface area (Å²) in [5, 5.41) is 16.3. The van der Waals surface area contributed by atoms with E-state index >= 15 is 0 Å². The summed E-state index contributed by atoms with van der Waals surface area (Å²) in [5.74, 6) is 0.384. The summed E-state index contributed by atoms with van der Waals surface area (Å²) in [6, 6.07) is 15.2. The van der Waals surface area contributed by atoms with Crippen molar-refractivity contribution in [2.24, 2.45) is 0 Å². The van der Waals surface area contributed by atoms with Gasteiger partial charge in [-0.15, -0.1) is 0 Å². The number of likely N-dealkylation sites (tertiary alicyclic amines) is 2. The van der Waals surface area contributed by atoms with Gasteiger partial charge in [0.1, 0.15) is 11.6 Å². The number of aliphatic hydroxyl groups is 1. The highest BCUT2D eigenvalue weighted by Gasteiger charge is 2.56. The fourth-order valence-electron chi connectivity index (χ4n) is 9.46. The molecule has 12 heteroatoms. The van der Waals surface area contributed by atoms with Crippen LogP contribution in [0.5, 0.6) is 0 Å². The molecule has 2 aliphatic carbocycles. The van der Waals surface area contributed by atoms with Crippen LogP contribution in [-0.2, 0) is 15.0 Å². The van der Waals surface area contributed by atoms with Crippen molar-refractivity contribution in [1.82, 2.24) is 29.7 Å². The Balaban J connectivity index is 1.09. The Kier molecular flexibility index (Phi) is 8.73. The Morgan fingerprint density at radius 2 is 1.70 bits per heavy atom. The monoisotopic (exact) mass is 730 g/mol. The SMILES string of the molecule is CNC(=O)c1cc(Nc2nc(-c3ccc4c(c3)N(C3CC(N5CCCCC5)C3)C(=O)C43CCN(C(=O)C(C)O)CC3)cc3ncn(C4CC4)c23)ccc1C. The van der Waals surface area contributed by atoms with Crippen LogP contribution in [0.25, 0.3) is 22.3 Å². The number of hydrogen-bond acceptors (Lipinski definition) is 8. The third kappa shape index (κ3) is 5.85. The minimum absolute atomic E-state index is 0.118. The second-order valence-corrected chi connectivity index (χ2v) is 16.2. The number of benzene rings is 2. The summed E-state index contributed by atoms with van der Waals surface area (Å²) in [6.45, 7) is 6.58. The molecule has 12 nitrogen and oxygen atoms in total. The number of aromatic nitrogens is 3. The molecule has 3 amide bonds. The van der Waals surface area contributed by atoms with Crippen LogP contribution >= 0.6 is 0 Å². The zero-order valence-electron chi connectivity index (χ0n) is 31.5. The predicted molar refractivity (Wildman–Crippen MR) is 208 cm³/mol. The van der Waals surface area contributed by atoms with E-state index in [0.717, 1.165) is 83.6 Å². The predicted octanol–water partition coefficient (Wildman–Crippen LogP) is 5.45. The molecule has 3 aliphatic heterocycles. The van der Waals surface area contributed by atoms with Crippen molar-refractivity contribution in [3.05, 3.63) is 65.5 Å². The van der Waals surface area contributed by atoms with Crippen molar-refractivity contribution in [3.8, 4) is 11.3 Å². The van der Waals surface area contributed by atoms with Crippen molar-refractivity contribution in [3.63, 3.8) is 0 Å². The highest BCUT2D eigenvalue weighted by molar-refractivity contribution is 6.09. The van der Waals surface area contributed by atoms with Crippen LogP contribution in [0, 0.1) is 6.92 Å². The summed E-state index contributed by atoms with van der Waals surface area (Å²) in [5.41, 5.74) is 6.92. The van der Waals surface area contributed by atoms with Gasteiger partial charge in [0.05, 0.1) is 23.0 Å². The van der Waals surface area contributed by atoms with Crippen molar-refractivity contribution < 1.29 is 19.5 Å². The summed E-state index contributed by atoms with van der Waals surface area (Å²) in [6.07, 6.45) is 9.80. The summed E-state index contributed by atoms with van der Waals surface area (Å²) in [4.78, 5) is 56.8. The smallest absolute Gasteiger partial charge is 0.251 e. The maximum atomic E-state index is 14.8. The molecule has 2 aromatic carbocycles. The van der Waals surface area contributed by atoms with Crippen LogP contribution in [-0.4, -0.2) is 98.6 Å². The Morgan fingerprint density at radius 3 is 2.41 bits per heavy atom. The van der Waals surface area contributed by atoms with Crippen molar-refractivity contribution in [2.45, 2.75) is 101 Å². The van der Waals surface area contributed by atoms with Crippen LogP contribution in [0.15, 0.2) is 48.8 Å². The fourth-order valence-corrected chi connectivity index (χ4v) is 9.46. The van der Waals surface area contributed by atoms with E-state index in [0.29, 0.717) is 49.4 Å². The van der Waals surface area contributed by atoms with Gasteiger partial charge in [-0.2, -0.15) is 0 Å². The number of imidazole rings is 1. The molecular formula is C42H50N8O4. The molecule has 4 aromatic rings. The van der Waals surface area contributed by atoms with Gasteiger partial charge in [0, 0.05) is 60.8 Å². The zero-order valence-corrected chi connectivity index (χ0v) is 31.5. The van der Waals surface area contributed by atoms with E-state index < -0.39 is 11.5 Å². The number of rotatable bonds is 8. The average molecular weight is 731 g/mol. The van der Waals surface area contributed by atoms with Crippen LogP contribution < -0.4 is 15.5 Å². The van der Waals surface area contributed by atoms with E-state index in [2.05, 4.69) is 43.2 Å². The minimum atomic E-state index is -1.06. The number of carbonyl (C=O) groups is 3. The number of amides is 3. The van der Waals surface area contributed by atoms with E-state index in [9.17, 15) is 19.5 Å². The van der Waals surface area contributed by atoms with Crippen LogP contribution in [0.3, 0.4) is 0 Å². The molecule has 3 N–H and O–H groups in total. The average Bonchev–Trinajstić information content (AvgIpc) is 3.89. The van der Waals surface area contributed by atoms with Crippen molar-refractivity contribution >= 4 is 45.9 Å². The first-order valence-electron chi connectivity index (χ1n) is 19.8. The number of aliphatic hydroxyl groups excluding tert-OH is 1. The Bertz CT molecular complexity index is 2140. The molecule has 5 heterocycles. The number of nitrogens with zero attached hydrogens (tertiary/aromatic N) is 6. The Labute approximate surface area is 315 Å². The van der Waals surface area contributed by atoms with Gasteiger partial charge in [0.15, 0.2) is 5.82 Å². The van der Waals surface area contributed by atoms with Gasteiger partial charge in [0.2, 0.25) is 5.91 Å². The molecular weight excluding hydrogens is 681 g/mol. The number of hydrogen-bond donors (Lipinski definition) is 3. The molecule has 2 saturated carbocycles. The molecule has 4 fully saturated rings. The molecule has 5 aliphatic rings. The second kappa shape index (κ2) is 13.5. The third-order valence-corrected chi connectivity index (χ3v) is 12.8. The van der Waals surface area contributed by atoms with Gasteiger partial charge in [0.25, 0.3) is 11.8 Å². The lowest BCUT2D eigenvalue weighted by Crippen LogP contribution is -2.58. The first-order chi connectivity index (χ1) is 26.1. The molecule has 54 heavy (non-hydrogen) atoms. The van der Waals surface area contributed by atoms with E-state index in [4.69, 9.17) is 9.97 Å². The van der Waals surface area contributed by atoms with E-state index in [1.165, 1.54) is 26.2 Å². The first kappa shape index (κ1) is 34.9. The molecule has 1 spiro atoms. The van der Waals surface area contributed by atoms with Gasteiger partial charge in [-0.25, -0.2) is 9.97 Å². The zero-order chi connectivity index (χ0) is 37.3. The van der Waals surface area contributed by atoms with Crippen LogP contribution in [0.2, 0.25) is 0 Å². The number of anilines is 3. The standard InChI is InChI=1S/C42H50N8O4/c1-25-7-9-28(20-32(25)39(52)43-3)45-38-37-35(44-24-49(37)29-10-11-29)23-34(46-38)27-8-12-33-36(19-27)50(31-21-30(22-31)47-15-5-4-6-16-47)41(54)42(33)13-17-48(18-14-42)40(53)26(2)51/h7-9,12,19-20,23-24,26,29-31,51H,4-6,10-11,13-18,21-22H2,1-3H3,(H,43,52)(H,45,46). The van der Waals surface area contributed by atoms with Crippen molar-refractivity contribution in [2.75, 3.05) is 43.4 Å². The molecule has 1 unspecified atom stereocenters. The summed E-state index contributed by atoms with van der Waals surface area (Å²) in [7, 11) is 1.64. The molecule has 9 rings (SSSR count). The van der Waals surface area contributed by atoms with Crippen molar-refractivity contribution in [1.29, 1.82) is 0 Å². The normalized spacial score (nSPS) is 23.0.